The van der Waals surface area contributed by atoms with Gasteiger partial charge in [-0.1, -0.05) is 55.8 Å². The van der Waals surface area contributed by atoms with Crippen LogP contribution in [0.3, 0.4) is 0 Å². The highest BCUT2D eigenvalue weighted by Gasteiger charge is 2.47. The summed E-state index contributed by atoms with van der Waals surface area (Å²) in [5, 5.41) is 9.96. The van der Waals surface area contributed by atoms with E-state index < -0.39 is 0 Å². The number of likely N-dealkylation sites (tertiary alicyclic amines) is 1. The van der Waals surface area contributed by atoms with Crippen molar-refractivity contribution in [2.24, 2.45) is 5.92 Å². The van der Waals surface area contributed by atoms with Gasteiger partial charge >= 0.3 is 0 Å². The average Bonchev–Trinajstić information content (AvgIpc) is 2.61. The van der Waals surface area contributed by atoms with E-state index in [9.17, 15) is 5.11 Å². The number of phenolic OH excluding ortho intramolecular Hbond substituents is 1. The van der Waals surface area contributed by atoms with E-state index in [1.807, 2.05) is 12.1 Å². The third-order valence-electron chi connectivity index (χ3n) is 6.38. The summed E-state index contributed by atoms with van der Waals surface area (Å²) >= 11 is 0. The van der Waals surface area contributed by atoms with Gasteiger partial charge in [-0.25, -0.2) is 0 Å². The summed E-state index contributed by atoms with van der Waals surface area (Å²) in [5.41, 5.74) is 3.01. The summed E-state index contributed by atoms with van der Waals surface area (Å²) in [6.45, 7) is 4.62. The number of aromatic hydroxyl groups is 1. The lowest BCUT2D eigenvalue weighted by atomic mass is 9.58. The van der Waals surface area contributed by atoms with Crippen LogP contribution in [0, 0.1) is 5.92 Å². The fourth-order valence-electron chi connectivity index (χ4n) is 5.09. The zero-order valence-corrected chi connectivity index (χ0v) is 14.5. The Kier molecular flexibility index (Phi) is 4.09. The highest BCUT2D eigenvalue weighted by molar-refractivity contribution is 5.35. The molecule has 1 saturated carbocycles. The first-order valence-electron chi connectivity index (χ1n) is 9.25. The lowest BCUT2D eigenvalue weighted by Gasteiger charge is -2.54. The van der Waals surface area contributed by atoms with Gasteiger partial charge in [-0.2, -0.15) is 0 Å². The van der Waals surface area contributed by atoms with Gasteiger partial charge in [-0.15, -0.1) is 0 Å². The van der Waals surface area contributed by atoms with E-state index in [-0.39, 0.29) is 5.41 Å². The Bertz CT molecular complexity index is 698. The molecule has 0 amide bonds. The van der Waals surface area contributed by atoms with Crippen LogP contribution in [0.5, 0.6) is 5.75 Å². The maximum Gasteiger partial charge on any atom is 0.115 e. The van der Waals surface area contributed by atoms with Crippen LogP contribution in [-0.2, 0) is 12.0 Å². The standard InChI is InChI=1S/C22H27NO/c1-17-15-23(16-18-7-3-2-4-8-18)20-10-6-12-22(17,14-20)19-9-5-11-21(24)13-19/h2-5,7-9,11,13,17,20,24H,6,10,12,14-16H2,1H3. The van der Waals surface area contributed by atoms with Gasteiger partial charge in [-0.3, -0.25) is 4.90 Å². The number of rotatable bonds is 3. The molecule has 1 N–H and O–H groups in total. The Morgan fingerprint density at radius 2 is 1.96 bits per heavy atom. The van der Waals surface area contributed by atoms with Crippen molar-refractivity contribution in [1.29, 1.82) is 0 Å². The molecule has 24 heavy (non-hydrogen) atoms. The van der Waals surface area contributed by atoms with Crippen molar-refractivity contribution in [1.82, 2.24) is 4.90 Å². The van der Waals surface area contributed by atoms with Gasteiger partial charge in [0.05, 0.1) is 0 Å². The highest BCUT2D eigenvalue weighted by atomic mass is 16.3. The number of hydrogen-bond acceptors (Lipinski definition) is 2. The third kappa shape index (κ3) is 2.73. The Hall–Kier alpha value is -1.80. The summed E-state index contributed by atoms with van der Waals surface area (Å²) < 4.78 is 0. The van der Waals surface area contributed by atoms with E-state index in [2.05, 4.69) is 48.2 Å². The van der Waals surface area contributed by atoms with Crippen LogP contribution in [0.15, 0.2) is 54.6 Å². The number of benzene rings is 2. The second-order valence-corrected chi connectivity index (χ2v) is 7.77. The molecule has 2 aromatic rings. The molecule has 1 saturated heterocycles. The fourth-order valence-corrected chi connectivity index (χ4v) is 5.09. The molecule has 0 aromatic heterocycles. The molecule has 2 aliphatic rings. The monoisotopic (exact) mass is 321 g/mol. The van der Waals surface area contributed by atoms with Crippen molar-refractivity contribution in [3.8, 4) is 5.75 Å². The van der Waals surface area contributed by atoms with Crippen molar-refractivity contribution in [2.45, 2.75) is 50.6 Å². The molecule has 4 rings (SSSR count). The predicted molar refractivity (Wildman–Crippen MR) is 98.1 cm³/mol. The molecular weight excluding hydrogens is 294 g/mol. The summed E-state index contributed by atoms with van der Waals surface area (Å²) in [4.78, 5) is 2.69. The lowest BCUT2D eigenvalue weighted by Crippen LogP contribution is -2.55. The summed E-state index contributed by atoms with van der Waals surface area (Å²) in [5.74, 6) is 1.02. The minimum Gasteiger partial charge on any atom is -0.508 e. The normalized spacial score (nSPS) is 30.2. The Balaban J connectivity index is 1.60. The number of fused-ring (bicyclic) bond motifs is 2. The minimum absolute atomic E-state index is 0.245. The highest BCUT2D eigenvalue weighted by Crippen LogP contribution is 2.50. The summed E-state index contributed by atoms with van der Waals surface area (Å²) in [6, 6.07) is 19.5. The SMILES string of the molecule is CC1CN(Cc2ccccc2)C2CCCC1(c1cccc(O)c1)C2. The molecule has 1 heterocycles. The molecule has 3 atom stereocenters. The van der Waals surface area contributed by atoms with E-state index in [0.29, 0.717) is 17.7 Å². The molecule has 1 aliphatic heterocycles. The first-order valence-corrected chi connectivity index (χ1v) is 9.25. The van der Waals surface area contributed by atoms with E-state index in [0.717, 1.165) is 13.1 Å². The lowest BCUT2D eigenvalue weighted by molar-refractivity contribution is 0.00476. The smallest absolute Gasteiger partial charge is 0.115 e. The average molecular weight is 321 g/mol. The first kappa shape index (κ1) is 15.7. The zero-order chi connectivity index (χ0) is 16.6. The molecule has 126 valence electrons. The Morgan fingerprint density at radius 3 is 2.75 bits per heavy atom. The molecule has 2 nitrogen and oxygen atoms in total. The first-order chi connectivity index (χ1) is 11.7. The van der Waals surface area contributed by atoms with Crippen LogP contribution < -0.4 is 0 Å². The maximum absolute atomic E-state index is 9.96. The van der Waals surface area contributed by atoms with Gasteiger partial charge in [0.15, 0.2) is 0 Å². The van der Waals surface area contributed by atoms with Gasteiger partial charge in [-0.05, 0) is 48.4 Å². The van der Waals surface area contributed by atoms with Crippen molar-refractivity contribution in [3.63, 3.8) is 0 Å². The molecule has 2 heteroatoms. The van der Waals surface area contributed by atoms with E-state index in [1.54, 1.807) is 6.07 Å². The minimum atomic E-state index is 0.245. The van der Waals surface area contributed by atoms with Crippen molar-refractivity contribution >= 4 is 0 Å². The van der Waals surface area contributed by atoms with Crippen molar-refractivity contribution in [2.75, 3.05) is 6.54 Å². The van der Waals surface area contributed by atoms with Gasteiger partial charge in [0.25, 0.3) is 0 Å². The third-order valence-corrected chi connectivity index (χ3v) is 6.38. The zero-order valence-electron chi connectivity index (χ0n) is 14.5. The van der Waals surface area contributed by atoms with Crippen LogP contribution >= 0.6 is 0 Å². The summed E-state index contributed by atoms with van der Waals surface area (Å²) in [6.07, 6.45) is 5.08. The van der Waals surface area contributed by atoms with Crippen molar-refractivity contribution < 1.29 is 5.11 Å². The fraction of sp³-hybridized carbons (Fsp3) is 0.455. The quantitative estimate of drug-likeness (QED) is 0.884. The van der Waals surface area contributed by atoms with E-state index in [4.69, 9.17) is 0 Å². The molecule has 0 spiro atoms. The van der Waals surface area contributed by atoms with Gasteiger partial charge < -0.3 is 5.11 Å². The number of nitrogens with zero attached hydrogens (tertiary/aromatic N) is 1. The topological polar surface area (TPSA) is 23.5 Å². The number of piperidine rings is 1. The molecular formula is C22H27NO. The largest absolute Gasteiger partial charge is 0.508 e. The molecule has 0 radical (unpaired) electrons. The Labute approximate surface area is 145 Å². The summed E-state index contributed by atoms with van der Waals surface area (Å²) in [7, 11) is 0. The maximum atomic E-state index is 9.96. The molecule has 2 fully saturated rings. The molecule has 3 unspecified atom stereocenters. The second-order valence-electron chi connectivity index (χ2n) is 7.77. The molecule has 2 bridgehead atoms. The van der Waals surface area contributed by atoms with Crippen LogP contribution in [0.25, 0.3) is 0 Å². The van der Waals surface area contributed by atoms with Crippen LogP contribution in [0.1, 0.15) is 43.7 Å². The Morgan fingerprint density at radius 1 is 1.12 bits per heavy atom. The van der Waals surface area contributed by atoms with E-state index >= 15 is 0 Å². The van der Waals surface area contributed by atoms with Crippen LogP contribution in [-0.4, -0.2) is 22.6 Å². The number of phenols is 1. The predicted octanol–water partition coefficient (Wildman–Crippen LogP) is 4.72. The van der Waals surface area contributed by atoms with Crippen LogP contribution in [0.4, 0.5) is 0 Å². The molecule has 2 aromatic carbocycles. The van der Waals surface area contributed by atoms with Gasteiger partial charge in [0.1, 0.15) is 5.75 Å². The molecule has 1 aliphatic carbocycles. The number of hydrogen-bond donors (Lipinski definition) is 1. The van der Waals surface area contributed by atoms with Crippen molar-refractivity contribution in [3.05, 3.63) is 65.7 Å². The van der Waals surface area contributed by atoms with Gasteiger partial charge in [0, 0.05) is 24.5 Å². The van der Waals surface area contributed by atoms with Crippen LogP contribution in [0.2, 0.25) is 0 Å². The van der Waals surface area contributed by atoms with Gasteiger partial charge in [0.2, 0.25) is 0 Å². The van der Waals surface area contributed by atoms with E-state index in [1.165, 1.54) is 36.8 Å². The second kappa shape index (κ2) is 6.25.